The van der Waals surface area contributed by atoms with E-state index in [1.807, 2.05) is 0 Å². The number of aliphatic carboxylic acids is 1. The summed E-state index contributed by atoms with van der Waals surface area (Å²) in [5, 5.41) is 24.1. The van der Waals surface area contributed by atoms with Crippen molar-refractivity contribution in [3.63, 3.8) is 0 Å². The molecule has 2 amide bonds. The fraction of sp³-hybridized carbons (Fsp3) is 0.240. The number of aryl methyl sites for hydroxylation is 1. The molecule has 4 N–H and O–H groups in total. The Morgan fingerprint density at radius 1 is 1.11 bits per heavy atom. The Morgan fingerprint density at radius 3 is 2.45 bits per heavy atom. The molecule has 0 spiro atoms. The fourth-order valence-electron chi connectivity index (χ4n) is 3.69. The van der Waals surface area contributed by atoms with Crippen LogP contribution in [0.1, 0.15) is 29.3 Å². The van der Waals surface area contributed by atoms with Crippen LogP contribution in [0.5, 0.6) is 11.5 Å². The van der Waals surface area contributed by atoms with Gasteiger partial charge in [0.1, 0.15) is 18.2 Å². The first-order chi connectivity index (χ1) is 17.8. The van der Waals surface area contributed by atoms with Crippen LogP contribution >= 0.6 is 0 Å². The van der Waals surface area contributed by atoms with Gasteiger partial charge in [-0.25, -0.2) is 9.18 Å². The third-order valence-corrected chi connectivity index (χ3v) is 5.54. The van der Waals surface area contributed by atoms with Gasteiger partial charge in [-0.15, -0.1) is 13.2 Å². The van der Waals surface area contributed by atoms with E-state index in [1.54, 1.807) is 6.92 Å². The van der Waals surface area contributed by atoms with Gasteiger partial charge in [0.25, 0.3) is 5.56 Å². The zero-order chi connectivity index (χ0) is 28.2. The predicted octanol–water partition coefficient (Wildman–Crippen LogP) is 4.77. The number of anilines is 1. The molecule has 0 fully saturated rings. The lowest BCUT2D eigenvalue weighted by Gasteiger charge is -2.20. The van der Waals surface area contributed by atoms with Crippen molar-refractivity contribution in [3.05, 3.63) is 75.7 Å². The van der Waals surface area contributed by atoms with Crippen molar-refractivity contribution in [2.24, 2.45) is 7.05 Å². The number of rotatable bonds is 8. The number of alkyl halides is 4. The molecule has 9 nitrogen and oxygen atoms in total. The highest BCUT2D eigenvalue weighted by Gasteiger charge is 2.31. The van der Waals surface area contributed by atoms with Crippen molar-refractivity contribution in [1.29, 1.82) is 0 Å². The highest BCUT2D eigenvalue weighted by Crippen LogP contribution is 2.31. The zero-order valence-electron chi connectivity index (χ0n) is 20.1. The number of ether oxygens (including phenoxy) is 1. The van der Waals surface area contributed by atoms with Gasteiger partial charge in [0.15, 0.2) is 5.69 Å². The summed E-state index contributed by atoms with van der Waals surface area (Å²) in [6.07, 6.45) is -5.58. The predicted molar refractivity (Wildman–Crippen MR) is 129 cm³/mol. The topological polar surface area (TPSA) is 130 Å². The SMILES string of the molecule is Cc1cc(O)c(NC(=O)NC(CC(=O)O)c2cc(CF)cc(-c3cccc(OC(F)(F)F)c3)c2)c(=O)n1C. The minimum Gasteiger partial charge on any atom is -0.505 e. The highest BCUT2D eigenvalue weighted by molar-refractivity contribution is 5.91. The smallest absolute Gasteiger partial charge is 0.505 e. The van der Waals surface area contributed by atoms with Gasteiger partial charge in [0.2, 0.25) is 0 Å². The van der Waals surface area contributed by atoms with Crippen LogP contribution < -0.4 is 20.9 Å². The number of aromatic hydroxyl groups is 1. The van der Waals surface area contributed by atoms with E-state index in [-0.39, 0.29) is 22.3 Å². The van der Waals surface area contributed by atoms with Gasteiger partial charge in [-0.3, -0.25) is 9.59 Å². The number of carboxylic acid groups (broad SMARTS) is 1. The molecule has 0 radical (unpaired) electrons. The molecule has 38 heavy (non-hydrogen) atoms. The van der Waals surface area contributed by atoms with Crippen LogP contribution in [-0.4, -0.2) is 33.1 Å². The van der Waals surface area contributed by atoms with E-state index in [0.717, 1.165) is 12.1 Å². The largest absolute Gasteiger partial charge is 0.573 e. The normalized spacial score (nSPS) is 12.1. The number of nitrogens with zero attached hydrogens (tertiary/aromatic N) is 1. The third kappa shape index (κ3) is 7.02. The van der Waals surface area contributed by atoms with Crippen molar-refractivity contribution in [2.45, 2.75) is 32.4 Å². The molecule has 0 bridgehead atoms. The van der Waals surface area contributed by atoms with E-state index >= 15 is 0 Å². The van der Waals surface area contributed by atoms with Gasteiger partial charge in [-0.05, 0) is 53.4 Å². The van der Waals surface area contributed by atoms with Crippen molar-refractivity contribution in [3.8, 4) is 22.6 Å². The standard InChI is InChI=1S/C25H23F4N3O6/c1-13-6-20(33)22(23(36)32(13)2)31-24(37)30-19(11-21(34)35)17-8-14(12-26)7-16(9-17)15-4-3-5-18(10-15)38-25(27,28)29/h3-10,19,33H,11-12H2,1-2H3,(H,34,35)(H2,30,31,37). The molecule has 1 atom stereocenters. The highest BCUT2D eigenvalue weighted by atomic mass is 19.4. The van der Waals surface area contributed by atoms with Gasteiger partial charge in [-0.1, -0.05) is 18.2 Å². The number of carbonyl (C=O) groups is 2. The maximum absolute atomic E-state index is 13.7. The molecule has 0 aliphatic rings. The summed E-state index contributed by atoms with van der Waals surface area (Å²) < 4.78 is 56.7. The molecule has 0 aliphatic heterocycles. The summed E-state index contributed by atoms with van der Waals surface area (Å²) in [6.45, 7) is 0.576. The second-order valence-electron chi connectivity index (χ2n) is 8.33. The second kappa shape index (κ2) is 11.2. The molecule has 13 heteroatoms. The van der Waals surface area contributed by atoms with Crippen LogP contribution in [0.2, 0.25) is 0 Å². The lowest BCUT2D eigenvalue weighted by Crippen LogP contribution is -2.36. The summed E-state index contributed by atoms with van der Waals surface area (Å²) in [7, 11) is 1.42. The zero-order valence-corrected chi connectivity index (χ0v) is 20.1. The van der Waals surface area contributed by atoms with Gasteiger partial charge in [-0.2, -0.15) is 0 Å². The Kier molecular flexibility index (Phi) is 8.29. The quantitative estimate of drug-likeness (QED) is 0.306. The van der Waals surface area contributed by atoms with E-state index in [4.69, 9.17) is 0 Å². The number of nitrogens with one attached hydrogen (secondary N) is 2. The van der Waals surface area contributed by atoms with Crippen LogP contribution in [0.4, 0.5) is 28.0 Å². The lowest BCUT2D eigenvalue weighted by molar-refractivity contribution is -0.274. The number of urea groups is 1. The minimum absolute atomic E-state index is 0.0716. The fourth-order valence-corrected chi connectivity index (χ4v) is 3.69. The molecule has 1 heterocycles. The molecule has 0 aliphatic carbocycles. The molecule has 0 saturated heterocycles. The van der Waals surface area contributed by atoms with Crippen LogP contribution in [0.3, 0.4) is 0 Å². The maximum Gasteiger partial charge on any atom is 0.573 e. The van der Waals surface area contributed by atoms with Gasteiger partial charge < -0.3 is 30.2 Å². The van der Waals surface area contributed by atoms with Crippen molar-refractivity contribution < 1.29 is 42.1 Å². The number of benzene rings is 2. The number of halogens is 4. The number of carbonyl (C=O) groups excluding carboxylic acids is 1. The summed E-state index contributed by atoms with van der Waals surface area (Å²) in [4.78, 5) is 36.7. The van der Waals surface area contributed by atoms with E-state index < -0.39 is 60.2 Å². The van der Waals surface area contributed by atoms with Gasteiger partial charge in [0.05, 0.1) is 12.5 Å². The Morgan fingerprint density at radius 2 is 1.82 bits per heavy atom. The van der Waals surface area contributed by atoms with Crippen molar-refractivity contribution in [1.82, 2.24) is 9.88 Å². The number of hydrogen-bond donors (Lipinski definition) is 4. The van der Waals surface area contributed by atoms with Crippen molar-refractivity contribution in [2.75, 3.05) is 5.32 Å². The van der Waals surface area contributed by atoms with Crippen LogP contribution in [0, 0.1) is 6.92 Å². The van der Waals surface area contributed by atoms with E-state index in [9.17, 15) is 42.2 Å². The average Bonchev–Trinajstić information content (AvgIpc) is 2.83. The Bertz CT molecular complexity index is 1420. The molecule has 3 rings (SSSR count). The second-order valence-corrected chi connectivity index (χ2v) is 8.33. The first-order valence-electron chi connectivity index (χ1n) is 11.0. The summed E-state index contributed by atoms with van der Waals surface area (Å²) in [6, 6.07) is 7.95. The van der Waals surface area contributed by atoms with Crippen LogP contribution in [-0.2, 0) is 18.5 Å². The number of hydrogen-bond acceptors (Lipinski definition) is 5. The number of amides is 2. The van der Waals surface area contributed by atoms with E-state index in [0.29, 0.717) is 5.69 Å². The molecule has 1 aromatic heterocycles. The molecule has 3 aromatic rings. The average molecular weight is 537 g/mol. The number of carboxylic acids is 1. The first kappa shape index (κ1) is 28.0. The Balaban J connectivity index is 1.96. The number of pyridine rings is 1. The Hall–Kier alpha value is -4.55. The monoisotopic (exact) mass is 537 g/mol. The van der Waals surface area contributed by atoms with E-state index in [1.165, 1.54) is 48.0 Å². The minimum atomic E-state index is -4.93. The van der Waals surface area contributed by atoms with Crippen LogP contribution in [0.15, 0.2) is 53.3 Å². The Labute approximate surface area is 213 Å². The molecular weight excluding hydrogens is 514 g/mol. The summed E-state index contributed by atoms with van der Waals surface area (Å²) in [5.41, 5.74) is -0.0691. The third-order valence-electron chi connectivity index (χ3n) is 5.54. The molecule has 1 unspecified atom stereocenters. The van der Waals surface area contributed by atoms with E-state index in [2.05, 4.69) is 15.4 Å². The molecule has 202 valence electrons. The summed E-state index contributed by atoms with van der Waals surface area (Å²) in [5.74, 6) is -2.34. The first-order valence-corrected chi connectivity index (χ1v) is 11.0. The summed E-state index contributed by atoms with van der Waals surface area (Å²) >= 11 is 0. The maximum atomic E-state index is 13.7. The molecule has 2 aromatic carbocycles. The number of aromatic nitrogens is 1. The molecule has 0 saturated carbocycles. The van der Waals surface area contributed by atoms with Crippen molar-refractivity contribution >= 4 is 17.7 Å². The van der Waals surface area contributed by atoms with Gasteiger partial charge >= 0.3 is 18.4 Å². The van der Waals surface area contributed by atoms with Crippen LogP contribution in [0.25, 0.3) is 11.1 Å². The molecular formula is C25H23F4N3O6. The van der Waals surface area contributed by atoms with Gasteiger partial charge in [0, 0.05) is 18.8 Å². The lowest BCUT2D eigenvalue weighted by atomic mass is 9.95.